The van der Waals surface area contributed by atoms with Gasteiger partial charge in [0.2, 0.25) is 0 Å². The molecule has 2 fully saturated rings. The van der Waals surface area contributed by atoms with Crippen molar-refractivity contribution in [3.8, 4) is 0 Å². The molecule has 0 heterocycles. The fourth-order valence-electron chi connectivity index (χ4n) is 8.84. The maximum atomic E-state index is 12.1. The predicted octanol–water partition coefficient (Wildman–Crippen LogP) is 10.8. The van der Waals surface area contributed by atoms with Gasteiger partial charge in [0.1, 0.15) is 0 Å². The van der Waals surface area contributed by atoms with E-state index < -0.39 is 0 Å². The molecule has 0 aromatic carbocycles. The van der Waals surface area contributed by atoms with Crippen molar-refractivity contribution in [1.29, 1.82) is 0 Å². The average Bonchev–Trinajstić information content (AvgIpc) is 2.97. The Balaban J connectivity index is 1.88. The van der Waals surface area contributed by atoms with Crippen LogP contribution >= 0.6 is 0 Å². The quantitative estimate of drug-likeness (QED) is 0.206. The molecule has 0 amide bonds. The molecule has 0 bridgehead atoms. The van der Waals surface area contributed by atoms with Crippen molar-refractivity contribution >= 4 is 0 Å². The predicted molar refractivity (Wildman–Crippen MR) is 178 cm³/mol. The highest BCUT2D eigenvalue weighted by atomic mass is 16.3. The van der Waals surface area contributed by atoms with Crippen molar-refractivity contribution in [1.82, 2.24) is 0 Å². The summed E-state index contributed by atoms with van der Waals surface area (Å²) in [5.41, 5.74) is 4.62. The molecule has 3 aliphatic rings. The Labute approximate surface area is 255 Å². The van der Waals surface area contributed by atoms with Crippen LogP contribution in [-0.2, 0) is 0 Å². The van der Waals surface area contributed by atoms with Gasteiger partial charge in [-0.15, -0.1) is 0 Å². The number of hydrogen-bond donors (Lipinski definition) is 2. The third kappa shape index (κ3) is 10.1. The molecule has 0 aliphatic heterocycles. The van der Waals surface area contributed by atoms with Crippen molar-refractivity contribution < 1.29 is 10.2 Å². The van der Waals surface area contributed by atoms with E-state index in [0.29, 0.717) is 29.6 Å². The van der Waals surface area contributed by atoms with Crippen molar-refractivity contribution in [2.75, 3.05) is 0 Å². The van der Waals surface area contributed by atoms with E-state index in [4.69, 9.17) is 0 Å². The highest BCUT2D eigenvalue weighted by Crippen LogP contribution is 2.45. The first kappa shape index (κ1) is 34.6. The lowest BCUT2D eigenvalue weighted by atomic mass is 9.66. The van der Waals surface area contributed by atoms with Crippen LogP contribution in [0, 0.1) is 47.3 Å². The summed E-state index contributed by atoms with van der Waals surface area (Å²) in [5, 5.41) is 22.4. The lowest BCUT2D eigenvalue weighted by Crippen LogP contribution is -2.35. The molecule has 0 aromatic rings. The fraction of sp³-hybridized carbons (Fsp3) is 0.846. The summed E-state index contributed by atoms with van der Waals surface area (Å²) in [7, 11) is 0. The van der Waals surface area contributed by atoms with E-state index in [1.165, 1.54) is 56.9 Å². The zero-order valence-corrected chi connectivity index (χ0v) is 28.2. The summed E-state index contributed by atoms with van der Waals surface area (Å²) in [6.07, 6.45) is 26.0. The molecule has 2 saturated carbocycles. The van der Waals surface area contributed by atoms with E-state index in [-0.39, 0.29) is 18.1 Å². The molecule has 2 heteroatoms. The van der Waals surface area contributed by atoms with Gasteiger partial charge in [0.15, 0.2) is 0 Å². The lowest BCUT2D eigenvalue weighted by Gasteiger charge is -2.41. The minimum absolute atomic E-state index is 0.135. The first-order chi connectivity index (χ1) is 19.7. The van der Waals surface area contributed by atoms with Gasteiger partial charge in [-0.3, -0.25) is 0 Å². The van der Waals surface area contributed by atoms with Gasteiger partial charge in [-0.1, -0.05) is 124 Å². The molecule has 41 heavy (non-hydrogen) atoms. The lowest BCUT2D eigenvalue weighted by molar-refractivity contribution is 0.0317. The Bertz CT molecular complexity index is 836. The molecule has 2 N–H and O–H groups in total. The molecule has 0 aromatic heterocycles. The Kier molecular flexibility index (Phi) is 14.7. The normalized spacial score (nSPS) is 28.5. The van der Waals surface area contributed by atoms with Crippen molar-refractivity contribution in [2.45, 2.75) is 163 Å². The van der Waals surface area contributed by atoms with Gasteiger partial charge in [-0.2, -0.15) is 0 Å². The summed E-state index contributed by atoms with van der Waals surface area (Å²) in [6, 6.07) is 0. The van der Waals surface area contributed by atoms with Gasteiger partial charge in [0, 0.05) is 0 Å². The number of aliphatic hydroxyl groups excluding tert-OH is 2. The highest BCUT2D eigenvalue weighted by Gasteiger charge is 2.37. The number of hydrogen-bond acceptors (Lipinski definition) is 2. The van der Waals surface area contributed by atoms with E-state index in [2.05, 4.69) is 66.7 Å². The second kappa shape index (κ2) is 17.4. The number of allylic oxidation sites excluding steroid dienone is 6. The summed E-state index contributed by atoms with van der Waals surface area (Å²) >= 11 is 0. The molecule has 236 valence electrons. The van der Waals surface area contributed by atoms with Crippen LogP contribution in [0.5, 0.6) is 0 Å². The molecule has 3 rings (SSSR count). The first-order valence-electron chi connectivity index (χ1n) is 18.1. The van der Waals surface area contributed by atoms with E-state index >= 15 is 0 Å². The van der Waals surface area contributed by atoms with Gasteiger partial charge in [0.25, 0.3) is 0 Å². The second-order valence-corrected chi connectivity index (χ2v) is 15.1. The Morgan fingerprint density at radius 2 is 1.61 bits per heavy atom. The molecule has 0 radical (unpaired) electrons. The van der Waals surface area contributed by atoms with Crippen LogP contribution < -0.4 is 0 Å². The van der Waals surface area contributed by atoms with Crippen molar-refractivity contribution in [3.63, 3.8) is 0 Å². The van der Waals surface area contributed by atoms with E-state index in [1.54, 1.807) is 11.1 Å². The second-order valence-electron chi connectivity index (χ2n) is 15.1. The summed E-state index contributed by atoms with van der Waals surface area (Å²) in [5.74, 6) is 4.72. The van der Waals surface area contributed by atoms with Gasteiger partial charge in [0.05, 0.1) is 12.2 Å². The SMILES string of the molecule is CC/C(C1=CC[C@@H](C)C=C1)=C(/[C@H]1CC[C@@H](O)CC1)[C@@H](CC)C(C)[C@H](O)CC(C1CCCCC1)[C@@H](C)CCCC(C)C. The molecule has 2 nitrogen and oxygen atoms in total. The van der Waals surface area contributed by atoms with Crippen molar-refractivity contribution in [2.24, 2.45) is 47.3 Å². The van der Waals surface area contributed by atoms with Gasteiger partial charge in [-0.25, -0.2) is 0 Å². The number of aliphatic hydroxyl groups is 2. The van der Waals surface area contributed by atoms with Crippen LogP contribution in [-0.4, -0.2) is 22.4 Å². The van der Waals surface area contributed by atoms with Crippen LogP contribution in [0.1, 0.15) is 151 Å². The first-order valence-corrected chi connectivity index (χ1v) is 18.1. The average molecular weight is 569 g/mol. The van der Waals surface area contributed by atoms with Crippen molar-refractivity contribution in [3.05, 3.63) is 34.9 Å². The Hall–Kier alpha value is -0.860. The maximum absolute atomic E-state index is 12.1. The van der Waals surface area contributed by atoms with Crippen LogP contribution in [0.25, 0.3) is 0 Å². The molecule has 6 atom stereocenters. The molecule has 2 unspecified atom stereocenters. The van der Waals surface area contributed by atoms with Gasteiger partial charge < -0.3 is 10.2 Å². The van der Waals surface area contributed by atoms with Crippen LogP contribution in [0.15, 0.2) is 34.9 Å². The number of rotatable bonds is 15. The topological polar surface area (TPSA) is 40.5 Å². The zero-order valence-electron chi connectivity index (χ0n) is 28.2. The molecule has 3 aliphatic carbocycles. The maximum Gasteiger partial charge on any atom is 0.0574 e. The summed E-state index contributed by atoms with van der Waals surface area (Å²) in [6.45, 7) is 16.6. The zero-order chi connectivity index (χ0) is 29.9. The van der Waals surface area contributed by atoms with Gasteiger partial charge >= 0.3 is 0 Å². The fourth-order valence-corrected chi connectivity index (χ4v) is 8.84. The van der Waals surface area contributed by atoms with E-state index in [1.807, 2.05) is 0 Å². The minimum atomic E-state index is -0.252. The van der Waals surface area contributed by atoms with E-state index in [9.17, 15) is 10.2 Å². The minimum Gasteiger partial charge on any atom is -0.393 e. The van der Waals surface area contributed by atoms with Crippen LogP contribution in [0.2, 0.25) is 0 Å². The third-order valence-electron chi connectivity index (χ3n) is 11.5. The Morgan fingerprint density at radius 3 is 2.17 bits per heavy atom. The largest absolute Gasteiger partial charge is 0.393 e. The van der Waals surface area contributed by atoms with Crippen LogP contribution in [0.3, 0.4) is 0 Å². The monoisotopic (exact) mass is 569 g/mol. The summed E-state index contributed by atoms with van der Waals surface area (Å²) in [4.78, 5) is 0. The van der Waals surface area contributed by atoms with E-state index in [0.717, 1.165) is 63.2 Å². The third-order valence-corrected chi connectivity index (χ3v) is 11.5. The standard InChI is InChI=1S/C39H68O2/c1-8-35(39(33-22-24-34(40)25-23-33)36(9-2)32-20-18-28(5)19-21-32)30(7)38(41)26-37(31-16-11-10-12-17-31)29(6)15-13-14-27(3)4/h18,20-21,27-31,33-35,37-38,40-41H,8-17,19,22-26H2,1-7H3/b39-36+/t28-,29-,30?,33-,34+,35-,37?,38+/m0/s1. The van der Waals surface area contributed by atoms with Crippen LogP contribution in [0.4, 0.5) is 0 Å². The Morgan fingerprint density at radius 1 is 0.927 bits per heavy atom. The molecule has 0 spiro atoms. The summed E-state index contributed by atoms with van der Waals surface area (Å²) < 4.78 is 0. The van der Waals surface area contributed by atoms with Gasteiger partial charge in [-0.05, 0) is 110 Å². The highest BCUT2D eigenvalue weighted by molar-refractivity contribution is 5.46. The molecular formula is C39H68O2. The molecular weight excluding hydrogens is 500 g/mol. The molecule has 0 saturated heterocycles. The smallest absolute Gasteiger partial charge is 0.0574 e.